The number of carbonyl (C=O) groups is 3. The molecule has 1 saturated heterocycles. The third kappa shape index (κ3) is 3.83. The average Bonchev–Trinajstić information content (AvgIpc) is 2.91. The minimum Gasteiger partial charge on any atom is -0.464 e. The number of unbranched alkanes of at least 4 members (excludes halogenated alkanes) is 1. The van der Waals surface area contributed by atoms with Crippen LogP contribution in [0, 0.1) is 5.92 Å². The zero-order chi connectivity index (χ0) is 17.7. The molecule has 1 aromatic rings. The molecule has 1 heterocycles. The molecule has 24 heavy (non-hydrogen) atoms. The molecule has 0 aromatic heterocycles. The molecule has 2 atom stereocenters. The van der Waals surface area contributed by atoms with E-state index in [4.69, 9.17) is 4.74 Å². The summed E-state index contributed by atoms with van der Waals surface area (Å²) in [5.74, 6) is -1.53. The van der Waals surface area contributed by atoms with Crippen LogP contribution in [0.25, 0.3) is 0 Å². The molecule has 1 aliphatic rings. The Bertz CT molecular complexity index is 608. The van der Waals surface area contributed by atoms with Gasteiger partial charge in [0.25, 0.3) is 0 Å². The van der Waals surface area contributed by atoms with Crippen LogP contribution in [0.15, 0.2) is 24.3 Å². The molecule has 5 nitrogen and oxygen atoms in total. The van der Waals surface area contributed by atoms with Crippen LogP contribution >= 0.6 is 0 Å². The number of ketones is 1. The van der Waals surface area contributed by atoms with E-state index in [0.717, 1.165) is 19.3 Å². The standard InChI is InChI=1S/C19H25NO4/c1-4-6-7-14-8-10-15(11-9-14)20-17(22)12-16(13(3)21)18(20)19(23)24-5-2/h8-11,16,18H,4-7,12H2,1-3H3/t16-,18-/m1/s1. The number of carbonyl (C=O) groups excluding carboxylic acids is 3. The van der Waals surface area contributed by atoms with Gasteiger partial charge in [-0.2, -0.15) is 0 Å². The first kappa shape index (κ1) is 18.2. The van der Waals surface area contributed by atoms with Crippen molar-refractivity contribution in [2.24, 2.45) is 5.92 Å². The lowest BCUT2D eigenvalue weighted by molar-refractivity contribution is -0.147. The number of hydrogen-bond donors (Lipinski definition) is 0. The highest BCUT2D eigenvalue weighted by Gasteiger charge is 2.47. The lowest BCUT2D eigenvalue weighted by Gasteiger charge is -2.25. The molecular formula is C19H25NO4. The number of Topliss-reactive ketones (excluding diaryl/α,β-unsaturated/α-hetero) is 1. The number of nitrogens with zero attached hydrogens (tertiary/aromatic N) is 1. The number of hydrogen-bond acceptors (Lipinski definition) is 4. The van der Waals surface area contributed by atoms with E-state index in [1.807, 2.05) is 24.3 Å². The van der Waals surface area contributed by atoms with Crippen molar-refractivity contribution >= 4 is 23.3 Å². The summed E-state index contributed by atoms with van der Waals surface area (Å²) in [6.07, 6.45) is 3.27. The number of amides is 1. The lowest BCUT2D eigenvalue weighted by Crippen LogP contribution is -2.44. The third-order valence-electron chi connectivity index (χ3n) is 4.41. The second kappa shape index (κ2) is 8.08. The summed E-state index contributed by atoms with van der Waals surface area (Å²) in [6, 6.07) is 6.77. The van der Waals surface area contributed by atoms with E-state index in [2.05, 4.69) is 6.92 Å². The summed E-state index contributed by atoms with van der Waals surface area (Å²) >= 11 is 0. The fourth-order valence-corrected chi connectivity index (χ4v) is 3.11. The van der Waals surface area contributed by atoms with E-state index >= 15 is 0 Å². The number of anilines is 1. The van der Waals surface area contributed by atoms with Crippen LogP contribution < -0.4 is 4.90 Å². The van der Waals surface area contributed by atoms with Crippen molar-refractivity contribution in [3.05, 3.63) is 29.8 Å². The summed E-state index contributed by atoms with van der Waals surface area (Å²) in [5, 5.41) is 0. The Kier molecular flexibility index (Phi) is 6.12. The van der Waals surface area contributed by atoms with Gasteiger partial charge in [-0.05, 0) is 44.4 Å². The van der Waals surface area contributed by atoms with Gasteiger partial charge in [0.2, 0.25) is 5.91 Å². The first-order valence-electron chi connectivity index (χ1n) is 8.57. The molecule has 0 saturated carbocycles. The van der Waals surface area contributed by atoms with Gasteiger partial charge in [0.15, 0.2) is 0 Å². The van der Waals surface area contributed by atoms with Gasteiger partial charge in [-0.25, -0.2) is 4.79 Å². The SMILES string of the molecule is CCCCc1ccc(N2C(=O)C[C@H](C(C)=O)[C@@H]2C(=O)OCC)cc1. The predicted octanol–water partition coefficient (Wildman–Crippen LogP) is 2.90. The normalized spacial score (nSPS) is 20.3. The maximum Gasteiger partial charge on any atom is 0.330 e. The summed E-state index contributed by atoms with van der Waals surface area (Å²) < 4.78 is 5.10. The van der Waals surface area contributed by atoms with Gasteiger partial charge in [-0.1, -0.05) is 25.5 Å². The predicted molar refractivity (Wildman–Crippen MR) is 91.7 cm³/mol. The number of ether oxygens (including phenoxy) is 1. The molecule has 0 radical (unpaired) electrons. The number of aryl methyl sites for hydroxylation is 1. The van der Waals surface area contributed by atoms with Gasteiger partial charge in [-0.3, -0.25) is 14.5 Å². The second-order valence-corrected chi connectivity index (χ2v) is 6.15. The zero-order valence-corrected chi connectivity index (χ0v) is 14.6. The van der Waals surface area contributed by atoms with Gasteiger partial charge in [0.05, 0.1) is 12.5 Å². The highest BCUT2D eigenvalue weighted by Crippen LogP contribution is 2.32. The minimum atomic E-state index is -0.864. The minimum absolute atomic E-state index is 0.0520. The molecule has 130 valence electrons. The molecule has 0 bridgehead atoms. The number of benzene rings is 1. The van der Waals surface area contributed by atoms with E-state index in [0.29, 0.717) is 5.69 Å². The van der Waals surface area contributed by atoms with Crippen LogP contribution in [0.1, 0.15) is 45.6 Å². The smallest absolute Gasteiger partial charge is 0.330 e. The van der Waals surface area contributed by atoms with Crippen LogP contribution in [0.5, 0.6) is 0 Å². The molecule has 1 aliphatic heterocycles. The number of rotatable bonds is 7. The molecule has 0 N–H and O–H groups in total. The van der Waals surface area contributed by atoms with Gasteiger partial charge < -0.3 is 4.74 Å². The average molecular weight is 331 g/mol. The van der Waals surface area contributed by atoms with Gasteiger partial charge in [0.1, 0.15) is 11.8 Å². The number of esters is 1. The van der Waals surface area contributed by atoms with Crippen LogP contribution in [-0.2, 0) is 25.5 Å². The Morgan fingerprint density at radius 2 is 1.88 bits per heavy atom. The van der Waals surface area contributed by atoms with Crippen molar-refractivity contribution in [3.63, 3.8) is 0 Å². The molecule has 0 unspecified atom stereocenters. The van der Waals surface area contributed by atoms with Gasteiger partial charge >= 0.3 is 5.97 Å². The van der Waals surface area contributed by atoms with Gasteiger partial charge in [-0.15, -0.1) is 0 Å². The maximum atomic E-state index is 12.4. The fourth-order valence-electron chi connectivity index (χ4n) is 3.11. The summed E-state index contributed by atoms with van der Waals surface area (Å²) in [6.45, 7) is 5.49. The topological polar surface area (TPSA) is 63.7 Å². The Morgan fingerprint density at radius 3 is 2.42 bits per heavy atom. The van der Waals surface area contributed by atoms with Crippen LogP contribution in [0.4, 0.5) is 5.69 Å². The summed E-state index contributed by atoms with van der Waals surface area (Å²) in [4.78, 5) is 38.1. The van der Waals surface area contributed by atoms with Crippen molar-refractivity contribution in [1.82, 2.24) is 0 Å². The highest BCUT2D eigenvalue weighted by molar-refractivity contribution is 6.07. The monoisotopic (exact) mass is 331 g/mol. The quantitative estimate of drug-likeness (QED) is 0.721. The molecule has 0 spiro atoms. The molecule has 0 aliphatic carbocycles. The summed E-state index contributed by atoms with van der Waals surface area (Å²) in [5.41, 5.74) is 1.84. The van der Waals surface area contributed by atoms with Crippen LogP contribution in [-0.4, -0.2) is 30.3 Å². The van der Waals surface area contributed by atoms with Crippen molar-refractivity contribution in [1.29, 1.82) is 0 Å². The first-order valence-corrected chi connectivity index (χ1v) is 8.57. The van der Waals surface area contributed by atoms with Crippen LogP contribution in [0.2, 0.25) is 0 Å². The Labute approximate surface area is 143 Å². The molecule has 1 amide bonds. The zero-order valence-electron chi connectivity index (χ0n) is 14.6. The van der Waals surface area contributed by atoms with E-state index in [-0.39, 0.29) is 24.7 Å². The second-order valence-electron chi connectivity index (χ2n) is 6.15. The van der Waals surface area contributed by atoms with Crippen LogP contribution in [0.3, 0.4) is 0 Å². The highest BCUT2D eigenvalue weighted by atomic mass is 16.5. The van der Waals surface area contributed by atoms with E-state index in [1.165, 1.54) is 17.4 Å². The maximum absolute atomic E-state index is 12.4. The lowest BCUT2D eigenvalue weighted by atomic mass is 9.96. The van der Waals surface area contributed by atoms with Crippen molar-refractivity contribution < 1.29 is 19.1 Å². The molecule has 1 aromatic carbocycles. The fraction of sp³-hybridized carbons (Fsp3) is 0.526. The third-order valence-corrected chi connectivity index (χ3v) is 4.41. The first-order chi connectivity index (χ1) is 11.5. The molecule has 1 fully saturated rings. The Morgan fingerprint density at radius 1 is 1.21 bits per heavy atom. The molecular weight excluding hydrogens is 306 g/mol. The van der Waals surface area contributed by atoms with E-state index in [1.54, 1.807) is 6.92 Å². The molecule has 5 heteroatoms. The van der Waals surface area contributed by atoms with E-state index in [9.17, 15) is 14.4 Å². The van der Waals surface area contributed by atoms with Crippen molar-refractivity contribution in [2.45, 2.75) is 52.5 Å². The Balaban J connectivity index is 2.29. The van der Waals surface area contributed by atoms with Gasteiger partial charge in [0, 0.05) is 12.1 Å². The Hall–Kier alpha value is -2.17. The van der Waals surface area contributed by atoms with Crippen molar-refractivity contribution in [2.75, 3.05) is 11.5 Å². The van der Waals surface area contributed by atoms with Crippen molar-refractivity contribution in [3.8, 4) is 0 Å². The van der Waals surface area contributed by atoms with E-state index < -0.39 is 17.9 Å². The molecule has 2 rings (SSSR count). The summed E-state index contributed by atoms with van der Waals surface area (Å²) in [7, 11) is 0. The largest absolute Gasteiger partial charge is 0.464 e.